The minimum Gasteiger partial charge on any atom is -0.456 e. The molecule has 2 aromatic carbocycles. The van der Waals surface area contributed by atoms with Crippen LogP contribution in [0.3, 0.4) is 0 Å². The van der Waals surface area contributed by atoms with Crippen LogP contribution >= 0.6 is 0 Å². The first-order valence-electron chi connectivity index (χ1n) is 18.2. The van der Waals surface area contributed by atoms with Gasteiger partial charge >= 0.3 is 24.1 Å². The molecule has 6 rings (SSSR count). The zero-order chi connectivity index (χ0) is 37.5. The van der Waals surface area contributed by atoms with E-state index >= 15 is 0 Å². The number of carbonyl (C=O) groups excluding carboxylic acids is 6. The number of Topliss-reactive ketones (excluding diaryl/α,β-unsaturated/α-hetero) is 2. The van der Waals surface area contributed by atoms with Crippen LogP contribution in [0.2, 0.25) is 0 Å². The van der Waals surface area contributed by atoms with Crippen LogP contribution in [0.4, 0.5) is 9.59 Å². The number of aryl methyl sites for hydroxylation is 2. The van der Waals surface area contributed by atoms with Crippen LogP contribution in [0.15, 0.2) is 36.4 Å². The molecule has 2 aliphatic heterocycles. The van der Waals surface area contributed by atoms with E-state index in [4.69, 9.17) is 18.9 Å². The maximum absolute atomic E-state index is 13.2. The maximum atomic E-state index is 13.2. The van der Waals surface area contributed by atoms with Crippen LogP contribution in [0.5, 0.6) is 0 Å². The van der Waals surface area contributed by atoms with E-state index in [1.54, 1.807) is 53.7 Å². The summed E-state index contributed by atoms with van der Waals surface area (Å²) in [6, 6.07) is 9.15. The number of rotatable bonds is 8. The highest BCUT2D eigenvalue weighted by Crippen LogP contribution is 2.43. The minimum atomic E-state index is -0.789. The molecule has 0 spiro atoms. The van der Waals surface area contributed by atoms with Gasteiger partial charge in [-0.25, -0.2) is 19.2 Å². The first-order chi connectivity index (χ1) is 24.5. The van der Waals surface area contributed by atoms with Crippen molar-refractivity contribution >= 4 is 35.7 Å². The fourth-order valence-corrected chi connectivity index (χ4v) is 7.78. The van der Waals surface area contributed by atoms with Gasteiger partial charge in [0.1, 0.15) is 23.3 Å². The van der Waals surface area contributed by atoms with Gasteiger partial charge in [0.2, 0.25) is 0 Å². The zero-order valence-corrected chi connectivity index (χ0v) is 30.8. The summed E-state index contributed by atoms with van der Waals surface area (Å²) in [5.41, 5.74) is 3.26. The van der Waals surface area contributed by atoms with Gasteiger partial charge in [0, 0.05) is 23.7 Å². The molecule has 12 nitrogen and oxygen atoms in total. The molecule has 2 heterocycles. The summed E-state index contributed by atoms with van der Waals surface area (Å²) in [5, 5.41) is 0. The maximum Gasteiger partial charge on any atom is 0.411 e. The molecule has 2 bridgehead atoms. The lowest BCUT2D eigenvalue weighted by Crippen LogP contribution is -2.51. The minimum absolute atomic E-state index is 0.0107. The highest BCUT2D eigenvalue weighted by atomic mass is 16.6. The average Bonchev–Trinajstić information content (AvgIpc) is 3.84. The van der Waals surface area contributed by atoms with Crippen molar-refractivity contribution in [3.63, 3.8) is 0 Å². The monoisotopic (exact) mass is 716 g/mol. The fraction of sp³-hybridized carbons (Fsp3) is 0.550. The number of esters is 2. The van der Waals surface area contributed by atoms with Crippen LogP contribution in [0, 0.1) is 5.92 Å². The van der Waals surface area contributed by atoms with Gasteiger partial charge in [0.25, 0.3) is 0 Å². The quantitative estimate of drug-likeness (QED) is 0.179. The number of hydrogen-bond donors (Lipinski definition) is 0. The third kappa shape index (κ3) is 8.00. The lowest BCUT2D eigenvalue weighted by molar-refractivity contribution is -0.150. The molecule has 1 saturated carbocycles. The van der Waals surface area contributed by atoms with E-state index in [1.165, 1.54) is 9.80 Å². The summed E-state index contributed by atoms with van der Waals surface area (Å²) < 4.78 is 21.9. The lowest BCUT2D eigenvalue weighted by atomic mass is 9.83. The van der Waals surface area contributed by atoms with Crippen molar-refractivity contribution in [1.82, 2.24) is 9.80 Å². The highest BCUT2D eigenvalue weighted by molar-refractivity contribution is 6.00. The van der Waals surface area contributed by atoms with Crippen molar-refractivity contribution in [2.45, 2.75) is 116 Å². The van der Waals surface area contributed by atoms with Gasteiger partial charge in [0.15, 0.2) is 24.8 Å². The molecule has 0 aromatic heterocycles. The first-order valence-corrected chi connectivity index (χ1v) is 18.2. The molecule has 4 aliphatic rings. The van der Waals surface area contributed by atoms with Crippen LogP contribution in [0.1, 0.15) is 105 Å². The second-order valence-corrected chi connectivity index (χ2v) is 16.2. The molecule has 4 atom stereocenters. The number of benzene rings is 2. The fourth-order valence-electron chi connectivity index (χ4n) is 7.78. The molecule has 278 valence electrons. The molecule has 0 N–H and O–H groups in total. The Bertz CT molecular complexity index is 1790. The van der Waals surface area contributed by atoms with Crippen molar-refractivity contribution < 1.29 is 47.7 Å². The highest BCUT2D eigenvalue weighted by Gasteiger charge is 2.53. The van der Waals surface area contributed by atoms with E-state index in [1.807, 2.05) is 24.3 Å². The van der Waals surface area contributed by atoms with Crippen molar-refractivity contribution in [2.75, 3.05) is 19.8 Å². The van der Waals surface area contributed by atoms with Gasteiger partial charge in [-0.1, -0.05) is 24.3 Å². The van der Waals surface area contributed by atoms with Crippen molar-refractivity contribution in [3.05, 3.63) is 58.7 Å². The Morgan fingerprint density at radius 2 is 1.23 bits per heavy atom. The predicted octanol–water partition coefficient (Wildman–Crippen LogP) is 6.09. The van der Waals surface area contributed by atoms with Crippen LogP contribution < -0.4 is 0 Å². The number of fused-ring (bicyclic) bond motifs is 5. The Morgan fingerprint density at radius 1 is 0.692 bits per heavy atom. The van der Waals surface area contributed by atoms with Crippen molar-refractivity contribution in [3.8, 4) is 11.1 Å². The van der Waals surface area contributed by atoms with E-state index in [0.717, 1.165) is 41.5 Å². The second-order valence-electron chi connectivity index (χ2n) is 16.2. The van der Waals surface area contributed by atoms with Gasteiger partial charge in [-0.15, -0.1) is 0 Å². The van der Waals surface area contributed by atoms with E-state index in [9.17, 15) is 28.8 Å². The van der Waals surface area contributed by atoms with Crippen molar-refractivity contribution in [1.29, 1.82) is 0 Å². The van der Waals surface area contributed by atoms with Gasteiger partial charge in [0.05, 0.1) is 0 Å². The molecule has 2 saturated heterocycles. The normalized spacial score (nSPS) is 22.0. The SMILES string of the molecule is CC(C)(C)OC(=O)N1CCCC1C(=O)OCC(=O)c1ccc2c(c1)CCc1cc(C(=O)COC(=O)[C@@H]3[C@H]4CC[C@H](C4)N3C(=O)OC(C)(C)C)ccc1-2. The molecule has 12 heteroatoms. The van der Waals surface area contributed by atoms with Crippen LogP contribution in [0.25, 0.3) is 11.1 Å². The number of ether oxygens (including phenoxy) is 4. The molecule has 2 amide bonds. The standard InChI is InChI=1S/C40H48N2O10/c1-39(2,3)51-37(47)41-17-7-8-31(41)35(45)49-21-32(43)25-12-15-29-23(18-25)9-10-24-19-26(13-16-30(24)29)33(44)22-50-36(46)34-27-11-14-28(20-27)42(34)38(48)52-40(4,5)6/h12-13,15-16,18-19,27-28,31,34H,7-11,14,17,20-22H2,1-6H3/t27-,28+,31?,34-/m0/s1. The number of carbonyl (C=O) groups is 6. The topological polar surface area (TPSA) is 146 Å². The Morgan fingerprint density at radius 3 is 1.79 bits per heavy atom. The summed E-state index contributed by atoms with van der Waals surface area (Å²) in [4.78, 5) is 80.7. The number of piperidine rings is 1. The molecule has 3 fully saturated rings. The lowest BCUT2D eigenvalue weighted by Gasteiger charge is -2.35. The van der Waals surface area contributed by atoms with E-state index in [-0.39, 0.29) is 23.5 Å². The van der Waals surface area contributed by atoms with Crippen LogP contribution in [-0.4, -0.2) is 94.6 Å². The molecular formula is C40H48N2O10. The number of ketones is 2. The van der Waals surface area contributed by atoms with Crippen LogP contribution in [-0.2, 0) is 41.4 Å². The number of amides is 2. The predicted molar refractivity (Wildman–Crippen MR) is 189 cm³/mol. The molecule has 2 aliphatic carbocycles. The van der Waals surface area contributed by atoms with E-state index in [0.29, 0.717) is 43.4 Å². The van der Waals surface area contributed by atoms with Gasteiger partial charge in [-0.2, -0.15) is 0 Å². The Kier molecular flexibility index (Phi) is 10.2. The van der Waals surface area contributed by atoms with Gasteiger partial charge in [-0.05, 0) is 127 Å². The second kappa shape index (κ2) is 14.4. The summed E-state index contributed by atoms with van der Waals surface area (Å²) in [6.45, 7) is 10.1. The Hall–Kier alpha value is -4.74. The summed E-state index contributed by atoms with van der Waals surface area (Å²) in [5.74, 6) is -1.91. The summed E-state index contributed by atoms with van der Waals surface area (Å²) >= 11 is 0. The molecule has 2 aromatic rings. The molecular weight excluding hydrogens is 668 g/mol. The third-order valence-corrected chi connectivity index (χ3v) is 10.1. The summed E-state index contributed by atoms with van der Waals surface area (Å²) in [6.07, 6.45) is 3.60. The Labute approximate surface area is 304 Å². The number of likely N-dealkylation sites (tertiary alicyclic amines) is 2. The zero-order valence-electron chi connectivity index (χ0n) is 30.8. The molecule has 52 heavy (non-hydrogen) atoms. The largest absolute Gasteiger partial charge is 0.456 e. The van der Waals surface area contributed by atoms with E-state index < -0.39 is 60.6 Å². The van der Waals surface area contributed by atoms with Gasteiger partial charge in [-0.3, -0.25) is 19.4 Å². The van der Waals surface area contributed by atoms with Gasteiger partial charge < -0.3 is 18.9 Å². The third-order valence-electron chi connectivity index (χ3n) is 10.1. The number of hydrogen-bond acceptors (Lipinski definition) is 10. The summed E-state index contributed by atoms with van der Waals surface area (Å²) in [7, 11) is 0. The van der Waals surface area contributed by atoms with Crippen molar-refractivity contribution in [2.24, 2.45) is 5.92 Å². The van der Waals surface area contributed by atoms with E-state index in [2.05, 4.69) is 0 Å². The average molecular weight is 717 g/mol. The molecule has 0 radical (unpaired) electrons. The Balaban J connectivity index is 1.04. The number of nitrogens with zero attached hydrogens (tertiary/aromatic N) is 2. The first kappa shape index (κ1) is 37.0. The molecule has 1 unspecified atom stereocenters. The smallest absolute Gasteiger partial charge is 0.411 e.